The van der Waals surface area contributed by atoms with Gasteiger partial charge in [-0.2, -0.15) is 18.3 Å². The van der Waals surface area contributed by atoms with Gasteiger partial charge in [-0.25, -0.2) is 4.79 Å². The van der Waals surface area contributed by atoms with Crippen molar-refractivity contribution >= 4 is 11.8 Å². The number of aryl methyl sites for hydroxylation is 1. The molecule has 3 N–H and O–H groups in total. The Morgan fingerprint density at radius 2 is 1.75 bits per heavy atom. The zero-order valence-corrected chi connectivity index (χ0v) is 21.1. The molecule has 9 heteroatoms. The predicted octanol–water partition coefficient (Wildman–Crippen LogP) is 6.15. The van der Waals surface area contributed by atoms with Crippen molar-refractivity contribution in [2.75, 3.05) is 6.54 Å². The Hall–Kier alpha value is -3.23. The molecule has 0 fully saturated rings. The molecule has 0 aliphatic heterocycles. The van der Waals surface area contributed by atoms with E-state index in [1.165, 1.54) is 19.9 Å². The molecule has 0 saturated heterocycles. The maximum atomic E-state index is 12.9. The first kappa shape index (κ1) is 29.0. The molecule has 198 valence electrons. The van der Waals surface area contributed by atoms with E-state index < -0.39 is 23.3 Å². The van der Waals surface area contributed by atoms with Crippen LogP contribution in [0.5, 0.6) is 5.75 Å². The molecular weight excluding hydrogens is 471 g/mol. The zero-order chi connectivity index (χ0) is 26.6. The molecule has 0 unspecified atom stereocenters. The van der Waals surface area contributed by atoms with Crippen molar-refractivity contribution in [2.24, 2.45) is 5.10 Å². The van der Waals surface area contributed by atoms with Crippen molar-refractivity contribution in [1.29, 1.82) is 0 Å². The molecule has 2 aromatic carbocycles. The van der Waals surface area contributed by atoms with E-state index in [1.807, 2.05) is 12.1 Å². The van der Waals surface area contributed by atoms with Crippen LogP contribution in [0.2, 0.25) is 0 Å². The summed E-state index contributed by atoms with van der Waals surface area (Å²) in [4.78, 5) is 11.2. The normalized spacial score (nSPS) is 12.3. The second-order valence-corrected chi connectivity index (χ2v) is 9.14. The van der Waals surface area contributed by atoms with Gasteiger partial charge in [0, 0.05) is 13.0 Å². The fourth-order valence-corrected chi connectivity index (χ4v) is 3.40. The van der Waals surface area contributed by atoms with Gasteiger partial charge < -0.3 is 20.6 Å². The number of benzene rings is 2. The highest BCUT2D eigenvalue weighted by molar-refractivity contribution is 5.81. The van der Waals surface area contributed by atoms with Crippen molar-refractivity contribution in [1.82, 2.24) is 10.7 Å². The van der Waals surface area contributed by atoms with E-state index >= 15 is 0 Å². The fourth-order valence-electron chi connectivity index (χ4n) is 3.40. The summed E-state index contributed by atoms with van der Waals surface area (Å²) in [5.74, 6) is 0.220. The van der Waals surface area contributed by atoms with Crippen LogP contribution in [0.4, 0.5) is 13.2 Å². The summed E-state index contributed by atoms with van der Waals surface area (Å²) in [5.41, 5.74) is 2.51. The maximum absolute atomic E-state index is 12.9. The molecule has 0 aromatic heterocycles. The summed E-state index contributed by atoms with van der Waals surface area (Å²) < 4.78 is 44.3. The highest BCUT2D eigenvalue weighted by Gasteiger charge is 2.30. The number of nitrogens with zero attached hydrogens (tertiary/aromatic N) is 1. The summed E-state index contributed by atoms with van der Waals surface area (Å²) >= 11 is 0. The Kier molecular flexibility index (Phi) is 11.1. The van der Waals surface area contributed by atoms with Crippen molar-refractivity contribution < 1.29 is 27.8 Å². The quantitative estimate of drug-likeness (QED) is 0.124. The number of carboxylic acid groups (broad SMARTS) is 1. The molecule has 2 aromatic rings. The minimum atomic E-state index is -4.37. The summed E-state index contributed by atoms with van der Waals surface area (Å²) in [5, 5.41) is 16.9. The molecule has 0 bridgehead atoms. The molecule has 0 spiro atoms. The molecule has 36 heavy (non-hydrogen) atoms. The molecule has 0 aliphatic carbocycles. The summed E-state index contributed by atoms with van der Waals surface area (Å²) in [7, 11) is 0. The van der Waals surface area contributed by atoms with Gasteiger partial charge in [0.2, 0.25) is 0 Å². The number of amidine groups is 1. The molecule has 6 nitrogen and oxygen atoms in total. The first-order chi connectivity index (χ1) is 17.0. The number of rotatable bonds is 14. The van der Waals surface area contributed by atoms with E-state index in [4.69, 9.17) is 4.74 Å². The maximum Gasteiger partial charge on any atom is 0.416 e. The van der Waals surface area contributed by atoms with Crippen LogP contribution in [0.25, 0.3) is 0 Å². The second kappa shape index (κ2) is 13.8. The first-order valence-electron chi connectivity index (χ1n) is 12.2. The number of nitrogens with one attached hydrogen (secondary N) is 2. The Balaban J connectivity index is 1.92. The number of hydrazone groups is 1. The first-order valence-corrected chi connectivity index (χ1v) is 12.2. The van der Waals surface area contributed by atoms with Gasteiger partial charge in [-0.15, -0.1) is 0 Å². The lowest BCUT2D eigenvalue weighted by molar-refractivity contribution is -0.152. The van der Waals surface area contributed by atoms with E-state index in [1.54, 1.807) is 18.2 Å². The van der Waals surface area contributed by atoms with Crippen molar-refractivity contribution in [3.63, 3.8) is 0 Å². The topological polar surface area (TPSA) is 83.0 Å². The van der Waals surface area contributed by atoms with Crippen LogP contribution in [0.3, 0.4) is 0 Å². The van der Waals surface area contributed by atoms with Crippen molar-refractivity contribution in [3.05, 3.63) is 65.2 Å². The summed E-state index contributed by atoms with van der Waals surface area (Å²) in [6.07, 6.45) is 1.11. The van der Waals surface area contributed by atoms with Crippen LogP contribution in [0, 0.1) is 0 Å². The number of aliphatic carboxylic acids is 1. The number of hydrogen-bond acceptors (Lipinski definition) is 4. The van der Waals surface area contributed by atoms with Crippen LogP contribution in [-0.4, -0.2) is 29.1 Å². The van der Waals surface area contributed by atoms with Gasteiger partial charge in [-0.3, -0.25) is 0 Å². The van der Waals surface area contributed by atoms with Gasteiger partial charge in [0.05, 0.1) is 12.1 Å². The van der Waals surface area contributed by atoms with Gasteiger partial charge in [0.25, 0.3) is 0 Å². The number of hydrogen-bond donors (Lipinski definition) is 3. The molecule has 0 amide bonds. The van der Waals surface area contributed by atoms with Gasteiger partial charge in [0.1, 0.15) is 11.6 Å². The molecule has 0 aliphatic rings. The number of halogens is 3. The summed E-state index contributed by atoms with van der Waals surface area (Å²) in [6.45, 7) is 6.10. The van der Waals surface area contributed by atoms with E-state index in [0.717, 1.165) is 62.2 Å². The Bertz CT molecular complexity index is 990. The molecule has 0 radical (unpaired) electrons. The Labute approximate surface area is 210 Å². The van der Waals surface area contributed by atoms with Crippen LogP contribution >= 0.6 is 0 Å². The lowest BCUT2D eigenvalue weighted by Gasteiger charge is -2.21. The monoisotopic (exact) mass is 507 g/mol. The average molecular weight is 508 g/mol. The number of carbonyl (C=O) groups is 1. The average Bonchev–Trinajstić information content (AvgIpc) is 2.82. The third-order valence-electron chi connectivity index (χ3n) is 5.55. The lowest BCUT2D eigenvalue weighted by Crippen LogP contribution is -2.37. The minimum Gasteiger partial charge on any atom is -0.478 e. The highest BCUT2D eigenvalue weighted by atomic mass is 19.4. The standard InChI is InChI=1S/C27H36F3N3O3/c1-4-5-6-17-31-24(33-32-19-21-10-7-11-22(18-21)27(28,29)30)12-8-9-20-13-15-23(16-14-20)36-26(2,3)25(34)35/h7,10-11,13-16,18,32H,4-6,8-9,12,17,19H2,1-3H3,(H,31,33)(H,34,35). The number of ether oxygens (including phenoxy) is 1. The van der Waals surface area contributed by atoms with E-state index in [-0.39, 0.29) is 6.54 Å². The van der Waals surface area contributed by atoms with Crippen LogP contribution < -0.4 is 15.5 Å². The third-order valence-corrected chi connectivity index (χ3v) is 5.55. The van der Waals surface area contributed by atoms with Gasteiger partial charge in [-0.05, 0) is 68.5 Å². The third kappa shape index (κ3) is 10.2. The molecule has 0 heterocycles. The summed E-state index contributed by atoms with van der Waals surface area (Å²) in [6, 6.07) is 12.5. The highest BCUT2D eigenvalue weighted by Crippen LogP contribution is 2.29. The van der Waals surface area contributed by atoms with Crippen LogP contribution in [0.1, 0.15) is 69.6 Å². The van der Waals surface area contributed by atoms with E-state index in [9.17, 15) is 23.1 Å². The molecule has 0 saturated carbocycles. The fraction of sp³-hybridized carbons (Fsp3) is 0.481. The van der Waals surface area contributed by atoms with Crippen LogP contribution in [0.15, 0.2) is 53.6 Å². The lowest BCUT2D eigenvalue weighted by atomic mass is 10.1. The smallest absolute Gasteiger partial charge is 0.416 e. The largest absolute Gasteiger partial charge is 0.478 e. The number of alkyl halides is 3. The number of unbranched alkanes of at least 4 members (excludes halogenated alkanes) is 2. The zero-order valence-electron chi connectivity index (χ0n) is 21.1. The van der Waals surface area contributed by atoms with Crippen LogP contribution in [-0.2, 0) is 23.9 Å². The Morgan fingerprint density at radius 3 is 2.39 bits per heavy atom. The SMILES string of the molecule is CCCCCN/C(CCCc1ccc(OC(C)(C)C(=O)O)cc1)=N\NCc1cccc(C(F)(F)F)c1. The molecule has 0 atom stereocenters. The van der Waals surface area contributed by atoms with Gasteiger partial charge in [0.15, 0.2) is 5.60 Å². The van der Waals surface area contributed by atoms with Crippen molar-refractivity contribution in [3.8, 4) is 5.75 Å². The molecular formula is C27H36F3N3O3. The minimum absolute atomic E-state index is 0.193. The van der Waals surface area contributed by atoms with E-state index in [0.29, 0.717) is 17.7 Å². The second-order valence-electron chi connectivity index (χ2n) is 9.14. The molecule has 2 rings (SSSR count). The Morgan fingerprint density at radius 1 is 1.03 bits per heavy atom. The van der Waals surface area contributed by atoms with E-state index in [2.05, 4.69) is 22.8 Å². The predicted molar refractivity (Wildman–Crippen MR) is 135 cm³/mol. The van der Waals surface area contributed by atoms with Gasteiger partial charge in [-0.1, -0.05) is 44.0 Å². The number of carboxylic acids is 1. The van der Waals surface area contributed by atoms with Crippen molar-refractivity contribution in [2.45, 2.75) is 77.6 Å². The van der Waals surface area contributed by atoms with Gasteiger partial charge >= 0.3 is 12.1 Å².